The smallest absolute Gasteiger partial charge is 0.269 e. The van der Waals surface area contributed by atoms with Gasteiger partial charge in [-0.2, -0.15) is 0 Å². The van der Waals surface area contributed by atoms with E-state index in [1.165, 1.54) is 43.2 Å². The molecule has 2 aromatic rings. The van der Waals surface area contributed by atoms with E-state index < -0.39 is 0 Å². The Balaban J connectivity index is 1.38. The maximum absolute atomic E-state index is 10.9. The zero-order valence-electron chi connectivity index (χ0n) is 16.7. The Morgan fingerprint density at radius 2 is 1.97 bits per heavy atom. The van der Waals surface area contributed by atoms with Crippen molar-refractivity contribution in [3.8, 4) is 5.75 Å². The van der Waals surface area contributed by atoms with Crippen LogP contribution in [0.2, 0.25) is 0 Å². The molecule has 152 valence electrons. The predicted octanol–water partition coefficient (Wildman–Crippen LogP) is 4.60. The van der Waals surface area contributed by atoms with Gasteiger partial charge in [0.05, 0.1) is 4.92 Å². The summed E-state index contributed by atoms with van der Waals surface area (Å²) in [5, 5.41) is 21.0. The highest BCUT2D eigenvalue weighted by molar-refractivity contribution is 5.45. The maximum Gasteiger partial charge on any atom is 0.269 e. The molecule has 1 aliphatic heterocycles. The SMILES string of the molecule is O=[N+]([O-])c1ccc(CCN2CC[C@]34CCCC[C@H]3[C@@H]2Cc2ccc(O)cc24)cc1. The summed E-state index contributed by atoms with van der Waals surface area (Å²) >= 11 is 0. The molecule has 1 saturated heterocycles. The van der Waals surface area contributed by atoms with Gasteiger partial charge in [0.2, 0.25) is 0 Å². The number of fused-ring (bicyclic) bond motifs is 1. The summed E-state index contributed by atoms with van der Waals surface area (Å²) in [6.45, 7) is 2.10. The number of non-ortho nitro benzene ring substituents is 1. The number of phenolic OH excluding ortho intramolecular Hbond substituents is 1. The number of likely N-dealkylation sites (tertiary alicyclic amines) is 1. The molecule has 2 bridgehead atoms. The van der Waals surface area contributed by atoms with Crippen molar-refractivity contribution in [2.75, 3.05) is 13.1 Å². The molecule has 5 heteroatoms. The largest absolute Gasteiger partial charge is 0.508 e. The second-order valence-electron chi connectivity index (χ2n) is 9.08. The van der Waals surface area contributed by atoms with Crippen LogP contribution in [0.15, 0.2) is 42.5 Å². The van der Waals surface area contributed by atoms with Gasteiger partial charge in [-0.25, -0.2) is 0 Å². The molecule has 1 heterocycles. The Morgan fingerprint density at radius 3 is 2.76 bits per heavy atom. The lowest BCUT2D eigenvalue weighted by Gasteiger charge is -2.59. The highest BCUT2D eigenvalue weighted by atomic mass is 16.6. The lowest BCUT2D eigenvalue weighted by atomic mass is 9.52. The summed E-state index contributed by atoms with van der Waals surface area (Å²) in [6, 6.07) is 13.6. The van der Waals surface area contributed by atoms with E-state index >= 15 is 0 Å². The molecule has 3 atom stereocenters. The third-order valence-corrected chi connectivity index (χ3v) is 7.77. The number of nitro groups is 1. The van der Waals surface area contributed by atoms with Crippen molar-refractivity contribution in [3.63, 3.8) is 0 Å². The van der Waals surface area contributed by atoms with Gasteiger partial charge in [-0.1, -0.05) is 31.0 Å². The summed E-state index contributed by atoms with van der Waals surface area (Å²) in [5.74, 6) is 1.08. The monoisotopic (exact) mass is 392 g/mol. The first-order valence-corrected chi connectivity index (χ1v) is 10.9. The minimum Gasteiger partial charge on any atom is -0.508 e. The second kappa shape index (κ2) is 7.13. The van der Waals surface area contributed by atoms with E-state index in [1.54, 1.807) is 12.1 Å². The molecule has 5 rings (SSSR count). The number of nitrogens with zero attached hydrogens (tertiary/aromatic N) is 2. The first-order chi connectivity index (χ1) is 14.1. The third-order valence-electron chi connectivity index (χ3n) is 7.77. The van der Waals surface area contributed by atoms with Gasteiger partial charge in [-0.05, 0) is 73.4 Å². The van der Waals surface area contributed by atoms with E-state index in [1.807, 2.05) is 18.2 Å². The quantitative estimate of drug-likeness (QED) is 0.610. The van der Waals surface area contributed by atoms with Crippen LogP contribution in [-0.2, 0) is 18.3 Å². The lowest BCUT2D eigenvalue weighted by molar-refractivity contribution is -0.384. The molecular weight excluding hydrogens is 364 g/mol. The number of piperidine rings is 1. The Bertz CT molecular complexity index is 926. The van der Waals surface area contributed by atoms with Gasteiger partial charge in [-0.3, -0.25) is 15.0 Å². The van der Waals surface area contributed by atoms with Crippen molar-refractivity contribution in [1.82, 2.24) is 4.90 Å². The molecule has 0 spiro atoms. The zero-order chi connectivity index (χ0) is 20.0. The molecule has 2 aliphatic carbocycles. The number of benzene rings is 2. The van der Waals surface area contributed by atoms with Gasteiger partial charge in [0.15, 0.2) is 0 Å². The lowest BCUT2D eigenvalue weighted by Crippen LogP contribution is -2.61. The number of aromatic hydroxyl groups is 1. The number of rotatable bonds is 4. The van der Waals surface area contributed by atoms with Crippen molar-refractivity contribution in [2.24, 2.45) is 5.92 Å². The summed E-state index contributed by atoms with van der Waals surface area (Å²) < 4.78 is 0. The Morgan fingerprint density at radius 1 is 1.14 bits per heavy atom. The average Bonchev–Trinajstić information content (AvgIpc) is 2.74. The van der Waals surface area contributed by atoms with Crippen LogP contribution in [0.5, 0.6) is 5.75 Å². The molecule has 0 amide bonds. The molecule has 1 saturated carbocycles. The molecule has 3 aliphatic rings. The van der Waals surface area contributed by atoms with Crippen molar-refractivity contribution < 1.29 is 10.0 Å². The van der Waals surface area contributed by atoms with Crippen LogP contribution in [0.3, 0.4) is 0 Å². The summed E-state index contributed by atoms with van der Waals surface area (Å²) in [4.78, 5) is 13.2. The summed E-state index contributed by atoms with van der Waals surface area (Å²) in [6.07, 6.45) is 8.31. The predicted molar refractivity (Wildman–Crippen MR) is 112 cm³/mol. The van der Waals surface area contributed by atoms with Gasteiger partial charge in [0, 0.05) is 30.1 Å². The van der Waals surface area contributed by atoms with E-state index in [0.717, 1.165) is 31.5 Å². The van der Waals surface area contributed by atoms with Gasteiger partial charge < -0.3 is 5.11 Å². The Kier molecular flexibility index (Phi) is 4.58. The molecule has 29 heavy (non-hydrogen) atoms. The Hall–Kier alpha value is -2.40. The van der Waals surface area contributed by atoms with Crippen molar-refractivity contribution >= 4 is 5.69 Å². The van der Waals surface area contributed by atoms with E-state index in [2.05, 4.69) is 17.0 Å². The third kappa shape index (κ3) is 3.12. The van der Waals surface area contributed by atoms with Crippen LogP contribution >= 0.6 is 0 Å². The molecule has 5 nitrogen and oxygen atoms in total. The fourth-order valence-electron chi connectivity index (χ4n) is 6.41. The van der Waals surface area contributed by atoms with Gasteiger partial charge >= 0.3 is 0 Å². The summed E-state index contributed by atoms with van der Waals surface area (Å²) in [7, 11) is 0. The van der Waals surface area contributed by atoms with Crippen LogP contribution in [0.4, 0.5) is 5.69 Å². The zero-order valence-corrected chi connectivity index (χ0v) is 16.7. The molecule has 0 aromatic heterocycles. The fraction of sp³-hybridized carbons (Fsp3) is 0.500. The number of hydrogen-bond acceptors (Lipinski definition) is 4. The van der Waals surface area contributed by atoms with E-state index in [0.29, 0.717) is 17.7 Å². The van der Waals surface area contributed by atoms with Crippen LogP contribution in [-0.4, -0.2) is 34.1 Å². The highest BCUT2D eigenvalue weighted by Gasteiger charge is 2.53. The topological polar surface area (TPSA) is 66.6 Å². The standard InChI is InChI=1S/C24H28N2O3/c27-20-9-6-18-15-23-21-3-1-2-11-24(21,22(18)16-20)12-14-25(23)13-10-17-4-7-19(8-5-17)26(28)29/h4-9,16,21,23,27H,1-3,10-15H2/t21-,23-,24+/m0/s1. The minimum atomic E-state index is -0.339. The number of phenols is 1. The molecule has 0 unspecified atom stereocenters. The van der Waals surface area contributed by atoms with E-state index in [4.69, 9.17) is 0 Å². The molecular formula is C24H28N2O3. The van der Waals surface area contributed by atoms with Crippen LogP contribution < -0.4 is 0 Å². The molecule has 0 radical (unpaired) electrons. The first-order valence-electron chi connectivity index (χ1n) is 10.9. The second-order valence-corrected chi connectivity index (χ2v) is 9.08. The highest BCUT2D eigenvalue weighted by Crippen LogP contribution is 2.56. The fourth-order valence-corrected chi connectivity index (χ4v) is 6.41. The van der Waals surface area contributed by atoms with Crippen molar-refractivity contribution in [2.45, 2.75) is 56.4 Å². The van der Waals surface area contributed by atoms with Crippen LogP contribution in [0.1, 0.15) is 48.8 Å². The van der Waals surface area contributed by atoms with E-state index in [-0.39, 0.29) is 16.0 Å². The Labute approximate surface area is 171 Å². The van der Waals surface area contributed by atoms with Gasteiger partial charge in [0.1, 0.15) is 5.75 Å². The van der Waals surface area contributed by atoms with E-state index in [9.17, 15) is 15.2 Å². The molecule has 2 aromatic carbocycles. The van der Waals surface area contributed by atoms with Crippen LogP contribution in [0.25, 0.3) is 0 Å². The van der Waals surface area contributed by atoms with Crippen LogP contribution in [0, 0.1) is 16.0 Å². The minimum absolute atomic E-state index is 0.158. The van der Waals surface area contributed by atoms with Gasteiger partial charge in [0.25, 0.3) is 5.69 Å². The average molecular weight is 392 g/mol. The molecule has 1 N–H and O–H groups in total. The van der Waals surface area contributed by atoms with Crippen molar-refractivity contribution in [1.29, 1.82) is 0 Å². The maximum atomic E-state index is 10.9. The van der Waals surface area contributed by atoms with Crippen molar-refractivity contribution in [3.05, 3.63) is 69.3 Å². The van der Waals surface area contributed by atoms with Gasteiger partial charge in [-0.15, -0.1) is 0 Å². The number of hydrogen-bond donors (Lipinski definition) is 1. The normalized spacial score (nSPS) is 28.4. The number of nitro benzene ring substituents is 1. The summed E-state index contributed by atoms with van der Waals surface area (Å²) in [5.41, 5.74) is 4.42. The first kappa shape index (κ1) is 18.6. The molecule has 2 fully saturated rings.